The summed E-state index contributed by atoms with van der Waals surface area (Å²) < 4.78 is 18.7. The second-order valence-corrected chi connectivity index (χ2v) is 6.88. The number of halogens is 1. The predicted octanol–water partition coefficient (Wildman–Crippen LogP) is 2.60. The predicted molar refractivity (Wildman–Crippen MR) is 102 cm³/mol. The Hall–Kier alpha value is -1.99. The Morgan fingerprint density at radius 3 is 2.58 bits per heavy atom. The Morgan fingerprint density at radius 1 is 1.31 bits per heavy atom. The van der Waals surface area contributed by atoms with Crippen molar-refractivity contribution in [2.45, 2.75) is 26.3 Å². The fourth-order valence-corrected chi connectivity index (χ4v) is 3.74. The number of amides is 1. The van der Waals surface area contributed by atoms with Crippen LogP contribution in [0.25, 0.3) is 0 Å². The average Bonchev–Trinajstić information content (AvgIpc) is 2.65. The zero-order valence-corrected chi connectivity index (χ0v) is 15.9. The van der Waals surface area contributed by atoms with Gasteiger partial charge in [-0.2, -0.15) is 0 Å². The summed E-state index contributed by atoms with van der Waals surface area (Å²) in [6, 6.07) is 5.83. The number of allylic oxidation sites excluding steroid dienone is 1. The Labute approximate surface area is 158 Å². The summed E-state index contributed by atoms with van der Waals surface area (Å²) in [6.07, 6.45) is 0.916. The number of ether oxygens (including phenoxy) is 1. The molecule has 140 valence electrons. The van der Waals surface area contributed by atoms with Crippen LogP contribution < -0.4 is 5.32 Å². The van der Waals surface area contributed by atoms with Gasteiger partial charge in [0.15, 0.2) is 5.11 Å². The molecule has 2 aliphatic heterocycles. The van der Waals surface area contributed by atoms with Gasteiger partial charge in [0.25, 0.3) is 5.91 Å². The number of carbonyl (C=O) groups is 1. The molecule has 2 aliphatic rings. The van der Waals surface area contributed by atoms with E-state index in [2.05, 4.69) is 12.2 Å². The quantitative estimate of drug-likeness (QED) is 0.818. The van der Waals surface area contributed by atoms with Crippen LogP contribution in [0.15, 0.2) is 35.5 Å². The van der Waals surface area contributed by atoms with Crippen molar-refractivity contribution >= 4 is 23.2 Å². The molecule has 1 aromatic carbocycles. The summed E-state index contributed by atoms with van der Waals surface area (Å²) in [6.45, 7) is 6.99. The molecule has 0 radical (unpaired) electrons. The first kappa shape index (κ1) is 18.8. The Balaban J connectivity index is 2.02. The van der Waals surface area contributed by atoms with Gasteiger partial charge in [-0.25, -0.2) is 4.39 Å². The number of rotatable bonds is 4. The van der Waals surface area contributed by atoms with Crippen molar-refractivity contribution in [1.82, 2.24) is 15.1 Å². The molecular formula is C19H24FN3O2S. The summed E-state index contributed by atoms with van der Waals surface area (Å²) in [5.41, 5.74) is 2.35. The number of carbonyl (C=O) groups excluding carboxylic acids is 1. The topological polar surface area (TPSA) is 44.8 Å². The lowest BCUT2D eigenvalue weighted by Crippen LogP contribution is -2.51. The van der Waals surface area contributed by atoms with Crippen LogP contribution in [0.3, 0.4) is 0 Å². The van der Waals surface area contributed by atoms with Gasteiger partial charge in [0, 0.05) is 25.3 Å². The Bertz CT molecular complexity index is 714. The van der Waals surface area contributed by atoms with Crippen molar-refractivity contribution in [3.8, 4) is 0 Å². The minimum atomic E-state index is -0.383. The molecule has 0 unspecified atom stereocenters. The van der Waals surface area contributed by atoms with E-state index in [4.69, 9.17) is 17.0 Å². The number of benzene rings is 1. The molecule has 0 spiro atoms. The molecule has 5 nitrogen and oxygen atoms in total. The number of nitrogens with one attached hydrogen (secondary N) is 1. The van der Waals surface area contributed by atoms with E-state index >= 15 is 0 Å². The van der Waals surface area contributed by atoms with E-state index in [1.807, 2.05) is 16.7 Å². The fourth-order valence-electron chi connectivity index (χ4n) is 3.39. The van der Waals surface area contributed by atoms with E-state index in [0.717, 1.165) is 24.2 Å². The highest BCUT2D eigenvalue weighted by Gasteiger charge is 2.35. The first-order valence-corrected chi connectivity index (χ1v) is 9.35. The highest BCUT2D eigenvalue weighted by Crippen LogP contribution is 2.32. The van der Waals surface area contributed by atoms with Crippen molar-refractivity contribution < 1.29 is 13.9 Å². The average molecular weight is 377 g/mol. The van der Waals surface area contributed by atoms with E-state index in [0.29, 0.717) is 37.0 Å². The molecule has 1 amide bonds. The number of hydrogen-bond acceptors (Lipinski definition) is 3. The highest BCUT2D eigenvalue weighted by molar-refractivity contribution is 7.80. The third kappa shape index (κ3) is 3.73. The summed E-state index contributed by atoms with van der Waals surface area (Å²) >= 11 is 5.53. The van der Waals surface area contributed by atoms with Gasteiger partial charge in [0.2, 0.25) is 0 Å². The van der Waals surface area contributed by atoms with Crippen LogP contribution in [0.4, 0.5) is 4.39 Å². The molecule has 2 heterocycles. The lowest BCUT2D eigenvalue weighted by molar-refractivity contribution is -0.131. The molecule has 0 bridgehead atoms. The van der Waals surface area contributed by atoms with Gasteiger partial charge in [0.1, 0.15) is 5.82 Å². The van der Waals surface area contributed by atoms with Crippen LogP contribution in [-0.2, 0) is 9.53 Å². The molecule has 3 rings (SSSR count). The largest absolute Gasteiger partial charge is 0.378 e. The van der Waals surface area contributed by atoms with E-state index in [9.17, 15) is 9.18 Å². The molecule has 26 heavy (non-hydrogen) atoms. The van der Waals surface area contributed by atoms with Crippen LogP contribution in [0, 0.1) is 5.82 Å². The minimum absolute atomic E-state index is 0.0174. The monoisotopic (exact) mass is 377 g/mol. The third-order valence-corrected chi connectivity index (χ3v) is 5.11. The minimum Gasteiger partial charge on any atom is -0.378 e. The number of nitrogens with zero attached hydrogens (tertiary/aromatic N) is 2. The van der Waals surface area contributed by atoms with Crippen LogP contribution in [0.5, 0.6) is 0 Å². The zero-order valence-electron chi connectivity index (χ0n) is 15.1. The molecule has 0 saturated carbocycles. The van der Waals surface area contributed by atoms with Gasteiger partial charge in [-0.05, 0) is 43.3 Å². The van der Waals surface area contributed by atoms with Gasteiger partial charge in [-0.3, -0.25) is 4.79 Å². The number of hydrogen-bond donors (Lipinski definition) is 1. The van der Waals surface area contributed by atoms with Crippen LogP contribution in [-0.4, -0.2) is 53.7 Å². The maximum absolute atomic E-state index is 13.4. The Morgan fingerprint density at radius 2 is 1.96 bits per heavy atom. The van der Waals surface area contributed by atoms with Crippen LogP contribution in [0.2, 0.25) is 0 Å². The molecule has 1 N–H and O–H groups in total. The maximum atomic E-state index is 13.4. The van der Waals surface area contributed by atoms with Crippen molar-refractivity contribution in [2.24, 2.45) is 0 Å². The van der Waals surface area contributed by atoms with Crippen molar-refractivity contribution in [1.29, 1.82) is 0 Å². The van der Waals surface area contributed by atoms with Gasteiger partial charge < -0.3 is 19.9 Å². The molecule has 0 aliphatic carbocycles. The smallest absolute Gasteiger partial charge is 0.254 e. The van der Waals surface area contributed by atoms with Gasteiger partial charge in [0.05, 0.1) is 24.8 Å². The van der Waals surface area contributed by atoms with Crippen molar-refractivity contribution in [2.75, 3.05) is 32.8 Å². The molecule has 1 atom stereocenters. The molecular weight excluding hydrogens is 353 g/mol. The lowest BCUT2D eigenvalue weighted by atomic mass is 9.93. The Kier molecular flexibility index (Phi) is 5.88. The molecule has 1 aromatic rings. The van der Waals surface area contributed by atoms with Gasteiger partial charge >= 0.3 is 0 Å². The molecule has 7 heteroatoms. The first-order valence-electron chi connectivity index (χ1n) is 8.94. The van der Waals surface area contributed by atoms with Crippen LogP contribution >= 0.6 is 12.2 Å². The SMILES string of the molecule is CCCN1C(=S)N[C@H](c2ccc(F)cc2)C(C(=O)N2CCOCC2)=C1C. The fraction of sp³-hybridized carbons (Fsp3) is 0.474. The maximum Gasteiger partial charge on any atom is 0.254 e. The van der Waals surface area contributed by atoms with Crippen molar-refractivity contribution in [3.63, 3.8) is 0 Å². The van der Waals surface area contributed by atoms with Crippen molar-refractivity contribution in [3.05, 3.63) is 46.9 Å². The van der Waals surface area contributed by atoms with E-state index in [-0.39, 0.29) is 17.8 Å². The van der Waals surface area contributed by atoms with E-state index in [1.165, 1.54) is 12.1 Å². The second kappa shape index (κ2) is 8.14. The van der Waals surface area contributed by atoms with Crippen LogP contribution in [0.1, 0.15) is 31.9 Å². The van der Waals surface area contributed by atoms with E-state index < -0.39 is 0 Å². The summed E-state index contributed by atoms with van der Waals surface area (Å²) in [5.74, 6) is -0.322. The van der Waals surface area contributed by atoms with E-state index in [1.54, 1.807) is 12.1 Å². The standard InChI is InChI=1S/C19H24FN3O2S/c1-3-8-23-13(2)16(18(24)22-9-11-25-12-10-22)17(21-19(23)26)14-4-6-15(20)7-5-14/h4-7,17H,3,8-12H2,1-2H3,(H,21,26)/t17-/m1/s1. The van der Waals surface area contributed by atoms with Gasteiger partial charge in [-0.1, -0.05) is 19.1 Å². The lowest BCUT2D eigenvalue weighted by Gasteiger charge is -2.39. The number of thiocarbonyl (C=S) groups is 1. The molecule has 1 fully saturated rings. The summed E-state index contributed by atoms with van der Waals surface area (Å²) in [5, 5.41) is 3.88. The number of morpholine rings is 1. The normalized spacial score (nSPS) is 21.0. The third-order valence-electron chi connectivity index (χ3n) is 4.78. The van der Waals surface area contributed by atoms with Gasteiger partial charge in [-0.15, -0.1) is 0 Å². The summed E-state index contributed by atoms with van der Waals surface area (Å²) in [4.78, 5) is 17.1. The molecule has 0 aromatic heterocycles. The first-order chi connectivity index (χ1) is 12.5. The summed E-state index contributed by atoms with van der Waals surface area (Å²) in [7, 11) is 0. The molecule has 1 saturated heterocycles. The zero-order chi connectivity index (χ0) is 18.7. The second-order valence-electron chi connectivity index (χ2n) is 6.49. The highest BCUT2D eigenvalue weighted by atomic mass is 32.1.